The van der Waals surface area contributed by atoms with Crippen LogP contribution in [0.3, 0.4) is 0 Å². The average molecular weight is 476 g/mol. The van der Waals surface area contributed by atoms with E-state index in [1.807, 2.05) is 48.5 Å². The molecule has 0 aliphatic carbocycles. The lowest BCUT2D eigenvalue weighted by atomic mass is 9.84. The molecule has 0 radical (unpaired) electrons. The molecule has 2 N–H and O–H groups in total. The van der Waals surface area contributed by atoms with Gasteiger partial charge in [-0.15, -0.1) is 0 Å². The highest BCUT2D eigenvalue weighted by atomic mass is 35.5. The molecule has 0 aromatic heterocycles. The molecule has 2 aliphatic rings. The van der Waals surface area contributed by atoms with Crippen molar-refractivity contribution in [3.05, 3.63) is 106 Å². The molecule has 0 amide bonds. The summed E-state index contributed by atoms with van der Waals surface area (Å²) in [6.45, 7) is 3.18. The molecule has 2 heterocycles. The number of hydrogen-bond acceptors (Lipinski definition) is 4. The van der Waals surface area contributed by atoms with Crippen LogP contribution in [0.5, 0.6) is 5.75 Å². The van der Waals surface area contributed by atoms with Crippen molar-refractivity contribution in [1.29, 1.82) is 0 Å². The summed E-state index contributed by atoms with van der Waals surface area (Å²) in [7, 11) is 0. The summed E-state index contributed by atoms with van der Waals surface area (Å²) in [6.07, 6.45) is 4.62. The fraction of sp³-hybridized carbons (Fsp3) is 0.310. The Bertz CT molecular complexity index is 1180. The van der Waals surface area contributed by atoms with Gasteiger partial charge in [0.2, 0.25) is 0 Å². The van der Waals surface area contributed by atoms with Gasteiger partial charge in [-0.25, -0.2) is 0 Å². The van der Waals surface area contributed by atoms with Crippen molar-refractivity contribution in [1.82, 2.24) is 4.90 Å². The van der Waals surface area contributed by atoms with Crippen molar-refractivity contribution in [3.8, 4) is 5.75 Å². The lowest BCUT2D eigenvalue weighted by Crippen LogP contribution is -2.42. The average Bonchev–Trinajstić information content (AvgIpc) is 3.02. The summed E-state index contributed by atoms with van der Waals surface area (Å²) in [6, 6.07) is 21.9. The van der Waals surface area contributed by atoms with Gasteiger partial charge in [-0.05, 0) is 71.4 Å². The number of nitrogens with zero attached hydrogens (tertiary/aromatic N) is 1. The van der Waals surface area contributed by atoms with E-state index in [2.05, 4.69) is 29.2 Å². The Kier molecular flexibility index (Phi) is 6.75. The van der Waals surface area contributed by atoms with Crippen LogP contribution >= 0.6 is 11.6 Å². The van der Waals surface area contributed by atoms with E-state index in [-0.39, 0.29) is 6.61 Å². The number of aliphatic hydroxyl groups is 2. The number of aliphatic hydroxyl groups excluding tert-OH is 1. The Morgan fingerprint density at radius 2 is 1.74 bits per heavy atom. The SMILES string of the molecule is OCc1ccc2c(c1)/C(=C/CCN1CCC(O)(c3ccc(Cl)cc3)CC1)c1ccccc1CO2. The molecular weight excluding hydrogens is 446 g/mol. The predicted octanol–water partition coefficient (Wildman–Crippen LogP) is 5.53. The minimum absolute atomic E-state index is 0.00646. The topological polar surface area (TPSA) is 52.9 Å². The fourth-order valence-corrected chi connectivity index (χ4v) is 5.15. The van der Waals surface area contributed by atoms with Gasteiger partial charge in [0.1, 0.15) is 12.4 Å². The van der Waals surface area contributed by atoms with Gasteiger partial charge in [-0.2, -0.15) is 0 Å². The van der Waals surface area contributed by atoms with Crippen molar-refractivity contribution in [2.24, 2.45) is 0 Å². The minimum Gasteiger partial charge on any atom is -0.488 e. The molecule has 0 unspecified atom stereocenters. The van der Waals surface area contributed by atoms with Crippen LogP contribution in [-0.4, -0.2) is 34.7 Å². The number of halogens is 1. The Labute approximate surface area is 206 Å². The third kappa shape index (κ3) is 4.77. The van der Waals surface area contributed by atoms with E-state index >= 15 is 0 Å². The quantitative estimate of drug-likeness (QED) is 0.509. The molecule has 4 nitrogen and oxygen atoms in total. The first-order valence-corrected chi connectivity index (χ1v) is 12.3. The zero-order valence-corrected chi connectivity index (χ0v) is 20.0. The van der Waals surface area contributed by atoms with E-state index in [0.29, 0.717) is 24.5 Å². The van der Waals surface area contributed by atoms with Crippen LogP contribution in [-0.2, 0) is 18.8 Å². The first kappa shape index (κ1) is 23.1. The molecule has 1 fully saturated rings. The van der Waals surface area contributed by atoms with Crippen LogP contribution in [0.25, 0.3) is 5.57 Å². The monoisotopic (exact) mass is 475 g/mol. The van der Waals surface area contributed by atoms with Crippen molar-refractivity contribution in [3.63, 3.8) is 0 Å². The number of fused-ring (bicyclic) bond motifs is 2. The second-order valence-electron chi connectivity index (χ2n) is 9.22. The summed E-state index contributed by atoms with van der Waals surface area (Å²) in [5.74, 6) is 0.852. The largest absolute Gasteiger partial charge is 0.488 e. The molecule has 34 heavy (non-hydrogen) atoms. The molecule has 176 valence electrons. The minimum atomic E-state index is -0.781. The smallest absolute Gasteiger partial charge is 0.127 e. The van der Waals surface area contributed by atoms with Crippen molar-refractivity contribution in [2.45, 2.75) is 38.1 Å². The van der Waals surface area contributed by atoms with Crippen LogP contribution in [0.15, 0.2) is 72.8 Å². The number of ether oxygens (including phenoxy) is 1. The van der Waals surface area contributed by atoms with E-state index in [1.165, 1.54) is 11.1 Å². The Morgan fingerprint density at radius 1 is 0.971 bits per heavy atom. The molecule has 2 aliphatic heterocycles. The molecular formula is C29H30ClNO3. The lowest BCUT2D eigenvalue weighted by molar-refractivity contribution is -0.0254. The zero-order valence-electron chi connectivity index (χ0n) is 19.2. The van der Waals surface area contributed by atoms with Gasteiger partial charge in [0.25, 0.3) is 0 Å². The molecule has 5 rings (SSSR count). The van der Waals surface area contributed by atoms with Gasteiger partial charge < -0.3 is 19.8 Å². The third-order valence-electron chi connectivity index (χ3n) is 7.07. The van der Waals surface area contributed by atoms with Gasteiger partial charge in [0.15, 0.2) is 0 Å². The Morgan fingerprint density at radius 3 is 2.50 bits per heavy atom. The van der Waals surface area contributed by atoms with E-state index in [4.69, 9.17) is 16.3 Å². The first-order valence-electron chi connectivity index (χ1n) is 11.9. The Hall–Kier alpha value is -2.63. The second-order valence-corrected chi connectivity index (χ2v) is 9.66. The summed E-state index contributed by atoms with van der Waals surface area (Å²) < 4.78 is 6.10. The Balaban J connectivity index is 1.31. The van der Waals surface area contributed by atoms with E-state index in [9.17, 15) is 10.2 Å². The van der Waals surface area contributed by atoms with Crippen LogP contribution in [0, 0.1) is 0 Å². The third-order valence-corrected chi connectivity index (χ3v) is 7.32. The number of hydrogen-bond donors (Lipinski definition) is 2. The maximum absolute atomic E-state index is 11.2. The highest BCUT2D eigenvalue weighted by molar-refractivity contribution is 6.30. The summed E-state index contributed by atoms with van der Waals surface area (Å²) in [5.41, 5.74) is 5.60. The number of benzene rings is 3. The molecule has 0 saturated carbocycles. The fourth-order valence-electron chi connectivity index (χ4n) is 5.03. The second kappa shape index (κ2) is 9.93. The zero-order chi connectivity index (χ0) is 23.5. The molecule has 5 heteroatoms. The van der Waals surface area contributed by atoms with Crippen molar-refractivity contribution in [2.75, 3.05) is 19.6 Å². The van der Waals surface area contributed by atoms with Gasteiger partial charge in [-0.3, -0.25) is 0 Å². The van der Waals surface area contributed by atoms with E-state index in [0.717, 1.165) is 54.1 Å². The molecule has 1 saturated heterocycles. The van der Waals surface area contributed by atoms with Crippen molar-refractivity contribution < 1.29 is 14.9 Å². The molecule has 3 aromatic carbocycles. The van der Waals surface area contributed by atoms with E-state index in [1.54, 1.807) is 0 Å². The van der Waals surface area contributed by atoms with E-state index < -0.39 is 5.60 Å². The molecule has 0 atom stereocenters. The number of piperidine rings is 1. The highest BCUT2D eigenvalue weighted by Crippen LogP contribution is 2.38. The predicted molar refractivity (Wildman–Crippen MR) is 136 cm³/mol. The molecule has 0 spiro atoms. The highest BCUT2D eigenvalue weighted by Gasteiger charge is 2.33. The lowest BCUT2D eigenvalue weighted by Gasteiger charge is -2.38. The van der Waals surface area contributed by atoms with Gasteiger partial charge in [-0.1, -0.05) is 60.1 Å². The summed E-state index contributed by atoms with van der Waals surface area (Å²) in [5, 5.41) is 21.5. The normalized spacial score (nSPS) is 18.6. The molecule has 0 bridgehead atoms. The standard InChI is InChI=1S/C29H30ClNO3/c30-24-10-8-23(9-11-24)29(33)13-16-31(17-14-29)15-3-6-26-25-5-2-1-4-22(25)20-34-28-12-7-21(19-32)18-27(26)28/h1-2,4-12,18,32-33H,3,13-17,19-20H2/b26-6+. The van der Waals surface area contributed by atoms with Crippen LogP contribution < -0.4 is 4.74 Å². The van der Waals surface area contributed by atoms with Crippen LogP contribution in [0.4, 0.5) is 0 Å². The number of rotatable bonds is 5. The first-order chi connectivity index (χ1) is 16.6. The maximum atomic E-state index is 11.2. The van der Waals surface area contributed by atoms with Gasteiger partial charge in [0.05, 0.1) is 12.2 Å². The summed E-state index contributed by atoms with van der Waals surface area (Å²) in [4.78, 5) is 2.42. The van der Waals surface area contributed by atoms with Crippen LogP contribution in [0.2, 0.25) is 5.02 Å². The molecule has 3 aromatic rings. The number of likely N-dealkylation sites (tertiary alicyclic amines) is 1. The maximum Gasteiger partial charge on any atom is 0.127 e. The van der Waals surface area contributed by atoms with Crippen molar-refractivity contribution >= 4 is 17.2 Å². The van der Waals surface area contributed by atoms with Crippen LogP contribution in [0.1, 0.15) is 47.1 Å². The summed E-state index contributed by atoms with van der Waals surface area (Å²) >= 11 is 6.02. The van der Waals surface area contributed by atoms with Gasteiger partial charge >= 0.3 is 0 Å². The van der Waals surface area contributed by atoms with Gasteiger partial charge in [0, 0.05) is 30.2 Å².